The fourth-order valence-corrected chi connectivity index (χ4v) is 2.34. The highest BCUT2D eigenvalue weighted by atomic mass is 16.5. The first-order chi connectivity index (χ1) is 10.0. The second-order valence-corrected chi connectivity index (χ2v) is 5.55. The van der Waals surface area contributed by atoms with Gasteiger partial charge in [0.25, 0.3) is 0 Å². The van der Waals surface area contributed by atoms with Gasteiger partial charge in [-0.15, -0.1) is 0 Å². The molecule has 5 heteroatoms. The molecule has 0 unspecified atom stereocenters. The molecule has 2 heterocycles. The summed E-state index contributed by atoms with van der Waals surface area (Å²) in [6, 6.07) is 4.02. The van der Waals surface area contributed by atoms with Crippen molar-refractivity contribution >= 4 is 17.4 Å². The Bertz CT molecular complexity index is 632. The minimum Gasteiger partial charge on any atom is -0.465 e. The molecule has 2 aromatic heterocycles. The number of pyridine rings is 1. The highest BCUT2D eigenvalue weighted by molar-refractivity contribution is 5.75. The van der Waals surface area contributed by atoms with Crippen molar-refractivity contribution in [3.8, 4) is 0 Å². The van der Waals surface area contributed by atoms with Crippen molar-refractivity contribution in [3.63, 3.8) is 0 Å². The third kappa shape index (κ3) is 3.54. The first kappa shape index (κ1) is 15.4. The van der Waals surface area contributed by atoms with E-state index >= 15 is 0 Å². The van der Waals surface area contributed by atoms with Gasteiger partial charge < -0.3 is 10.1 Å². The molecule has 0 fully saturated rings. The zero-order valence-corrected chi connectivity index (χ0v) is 13.1. The van der Waals surface area contributed by atoms with E-state index in [2.05, 4.69) is 19.2 Å². The quantitative estimate of drug-likeness (QED) is 0.831. The van der Waals surface area contributed by atoms with E-state index in [1.807, 2.05) is 29.7 Å². The number of aromatic nitrogens is 2. The maximum atomic E-state index is 11.6. The van der Waals surface area contributed by atoms with Gasteiger partial charge in [-0.3, -0.25) is 9.20 Å². The fraction of sp³-hybridized carbons (Fsp3) is 0.500. The van der Waals surface area contributed by atoms with Gasteiger partial charge in [0, 0.05) is 6.20 Å². The lowest BCUT2D eigenvalue weighted by Crippen LogP contribution is -2.18. The van der Waals surface area contributed by atoms with Crippen molar-refractivity contribution in [2.24, 2.45) is 5.92 Å². The minimum atomic E-state index is -0.254. The summed E-state index contributed by atoms with van der Waals surface area (Å²) in [5, 5.41) is 3.18. The van der Waals surface area contributed by atoms with Gasteiger partial charge >= 0.3 is 5.97 Å². The summed E-state index contributed by atoms with van der Waals surface area (Å²) < 4.78 is 6.97. The predicted molar refractivity (Wildman–Crippen MR) is 83.6 cm³/mol. The van der Waals surface area contributed by atoms with Gasteiger partial charge in [0.15, 0.2) is 0 Å². The van der Waals surface area contributed by atoms with Crippen LogP contribution in [0.2, 0.25) is 0 Å². The topological polar surface area (TPSA) is 55.6 Å². The van der Waals surface area contributed by atoms with Crippen LogP contribution in [0.5, 0.6) is 0 Å². The van der Waals surface area contributed by atoms with E-state index in [-0.39, 0.29) is 12.5 Å². The summed E-state index contributed by atoms with van der Waals surface area (Å²) in [6.45, 7) is 8.71. The van der Waals surface area contributed by atoms with E-state index in [1.165, 1.54) is 0 Å². The molecule has 0 saturated heterocycles. The van der Waals surface area contributed by atoms with Crippen LogP contribution >= 0.6 is 0 Å². The molecule has 0 saturated carbocycles. The smallest absolute Gasteiger partial charge is 0.325 e. The zero-order valence-electron chi connectivity index (χ0n) is 13.1. The van der Waals surface area contributed by atoms with Gasteiger partial charge in [0.2, 0.25) is 0 Å². The molecule has 21 heavy (non-hydrogen) atoms. The monoisotopic (exact) mass is 289 g/mol. The summed E-state index contributed by atoms with van der Waals surface area (Å²) in [6.07, 6.45) is 2.83. The van der Waals surface area contributed by atoms with E-state index in [9.17, 15) is 4.79 Å². The third-order valence-corrected chi connectivity index (χ3v) is 3.22. The Hall–Kier alpha value is -2.04. The van der Waals surface area contributed by atoms with Crippen molar-refractivity contribution in [3.05, 3.63) is 29.6 Å². The van der Waals surface area contributed by atoms with Gasteiger partial charge in [-0.25, -0.2) is 4.98 Å². The summed E-state index contributed by atoms with van der Waals surface area (Å²) in [5.41, 5.74) is 3.04. The Morgan fingerprint density at radius 2 is 2.24 bits per heavy atom. The highest BCUT2D eigenvalue weighted by Gasteiger charge is 2.15. The van der Waals surface area contributed by atoms with E-state index in [1.54, 1.807) is 6.92 Å². The maximum Gasteiger partial charge on any atom is 0.325 e. The van der Waals surface area contributed by atoms with Crippen molar-refractivity contribution in [1.29, 1.82) is 0 Å². The number of anilines is 1. The Morgan fingerprint density at radius 1 is 1.48 bits per heavy atom. The van der Waals surface area contributed by atoms with Crippen LogP contribution < -0.4 is 5.32 Å². The van der Waals surface area contributed by atoms with Crippen LogP contribution in [0.3, 0.4) is 0 Å². The summed E-state index contributed by atoms with van der Waals surface area (Å²) in [7, 11) is 0. The van der Waals surface area contributed by atoms with Gasteiger partial charge in [0.1, 0.15) is 18.0 Å². The van der Waals surface area contributed by atoms with Crippen LogP contribution in [-0.4, -0.2) is 28.5 Å². The third-order valence-electron chi connectivity index (χ3n) is 3.22. The molecule has 0 aliphatic carbocycles. The number of fused-ring (bicyclic) bond motifs is 1. The van der Waals surface area contributed by atoms with Crippen molar-refractivity contribution in [1.82, 2.24) is 9.38 Å². The molecule has 0 spiro atoms. The fourth-order valence-electron chi connectivity index (χ4n) is 2.34. The number of hydrogen-bond acceptors (Lipinski definition) is 4. The van der Waals surface area contributed by atoms with Gasteiger partial charge in [-0.2, -0.15) is 0 Å². The zero-order chi connectivity index (χ0) is 15.4. The average molecular weight is 289 g/mol. The number of hydrogen-bond donors (Lipinski definition) is 1. The predicted octanol–water partition coefficient (Wildman–Crippen LogP) is 2.82. The first-order valence-electron chi connectivity index (χ1n) is 7.39. The number of nitrogens with one attached hydrogen (secondary N) is 1. The number of rotatable bonds is 6. The molecule has 0 amide bonds. The van der Waals surface area contributed by atoms with Crippen molar-refractivity contribution in [2.75, 3.05) is 18.5 Å². The van der Waals surface area contributed by atoms with E-state index in [4.69, 9.17) is 9.72 Å². The van der Waals surface area contributed by atoms with E-state index < -0.39 is 0 Å². The standard InChI is InChI=1S/C16H23N3O2/c1-5-21-14(20)10-17-16-13(9-11(2)3)18-15-12(4)7-6-8-19(15)16/h6-8,11,17H,5,9-10H2,1-4H3. The second-order valence-electron chi connectivity index (χ2n) is 5.55. The molecule has 5 nitrogen and oxygen atoms in total. The Balaban J connectivity index is 2.33. The second kappa shape index (κ2) is 6.61. The molecule has 0 atom stereocenters. The molecule has 0 aliphatic heterocycles. The number of esters is 1. The van der Waals surface area contributed by atoms with E-state index in [0.29, 0.717) is 12.5 Å². The van der Waals surface area contributed by atoms with Gasteiger partial charge in [-0.05, 0) is 37.8 Å². The molecule has 0 radical (unpaired) electrons. The van der Waals surface area contributed by atoms with Crippen LogP contribution in [0.1, 0.15) is 32.0 Å². The highest BCUT2D eigenvalue weighted by Crippen LogP contribution is 2.22. The maximum absolute atomic E-state index is 11.6. The summed E-state index contributed by atoms with van der Waals surface area (Å²) in [4.78, 5) is 16.3. The van der Waals surface area contributed by atoms with Crippen LogP contribution in [0, 0.1) is 12.8 Å². The van der Waals surface area contributed by atoms with Crippen LogP contribution in [0.25, 0.3) is 5.65 Å². The van der Waals surface area contributed by atoms with Crippen LogP contribution in [-0.2, 0) is 16.0 Å². The molecule has 2 aromatic rings. The first-order valence-corrected chi connectivity index (χ1v) is 7.39. The Morgan fingerprint density at radius 3 is 2.90 bits per heavy atom. The largest absolute Gasteiger partial charge is 0.465 e. The number of carbonyl (C=O) groups is 1. The lowest BCUT2D eigenvalue weighted by atomic mass is 10.1. The normalized spacial score (nSPS) is 11.1. The number of ether oxygens (including phenoxy) is 1. The Kier molecular flexibility index (Phi) is 4.83. The van der Waals surface area contributed by atoms with E-state index in [0.717, 1.165) is 29.1 Å². The number of aryl methyl sites for hydroxylation is 1. The van der Waals surface area contributed by atoms with Crippen molar-refractivity contribution in [2.45, 2.75) is 34.1 Å². The van der Waals surface area contributed by atoms with Gasteiger partial charge in [-0.1, -0.05) is 19.9 Å². The van der Waals surface area contributed by atoms with Crippen LogP contribution in [0.15, 0.2) is 18.3 Å². The minimum absolute atomic E-state index is 0.153. The number of carbonyl (C=O) groups excluding carboxylic acids is 1. The molecule has 0 bridgehead atoms. The molecule has 0 aromatic carbocycles. The number of nitrogens with zero attached hydrogens (tertiary/aromatic N) is 2. The summed E-state index contributed by atoms with van der Waals surface area (Å²) >= 11 is 0. The average Bonchev–Trinajstić information content (AvgIpc) is 2.75. The molecular formula is C16H23N3O2. The van der Waals surface area contributed by atoms with Crippen LogP contribution in [0.4, 0.5) is 5.82 Å². The van der Waals surface area contributed by atoms with Gasteiger partial charge in [0.05, 0.1) is 12.3 Å². The SMILES string of the molecule is CCOC(=O)CNc1c(CC(C)C)nc2c(C)cccn12. The molecule has 114 valence electrons. The molecule has 2 rings (SSSR count). The number of imidazole rings is 1. The molecular weight excluding hydrogens is 266 g/mol. The lowest BCUT2D eigenvalue weighted by molar-refractivity contribution is -0.140. The summed E-state index contributed by atoms with van der Waals surface area (Å²) in [5.74, 6) is 1.13. The van der Waals surface area contributed by atoms with Crippen molar-refractivity contribution < 1.29 is 9.53 Å². The molecule has 0 aliphatic rings. The lowest BCUT2D eigenvalue weighted by Gasteiger charge is -2.09. The molecule has 1 N–H and O–H groups in total. The Labute approximate surface area is 125 Å².